The average molecular weight is 288 g/mol. The molecule has 1 amide bonds. The Bertz CT molecular complexity index is 486. The zero-order chi connectivity index (χ0) is 14.7. The van der Waals surface area contributed by atoms with E-state index in [0.717, 1.165) is 31.6 Å². The van der Waals surface area contributed by atoms with Crippen LogP contribution in [0.1, 0.15) is 44.9 Å². The second-order valence-electron chi connectivity index (χ2n) is 6.29. The van der Waals surface area contributed by atoms with Crippen molar-refractivity contribution in [2.45, 2.75) is 50.5 Å². The van der Waals surface area contributed by atoms with Crippen LogP contribution in [0, 0.1) is 0 Å². The number of amides is 1. The van der Waals surface area contributed by atoms with Crippen molar-refractivity contribution in [3.8, 4) is 0 Å². The van der Waals surface area contributed by atoms with E-state index in [-0.39, 0.29) is 5.91 Å². The first kappa shape index (κ1) is 14.4. The fraction of sp³-hybridized carbons (Fsp3) is 0.588. The lowest BCUT2D eigenvalue weighted by Gasteiger charge is -2.29. The molecule has 1 aliphatic carbocycles. The third kappa shape index (κ3) is 3.21. The minimum atomic E-state index is -1.16. The summed E-state index contributed by atoms with van der Waals surface area (Å²) >= 11 is 0. The third-order valence-corrected chi connectivity index (χ3v) is 4.70. The van der Waals surface area contributed by atoms with Gasteiger partial charge in [-0.25, -0.2) is 0 Å². The molecule has 1 saturated heterocycles. The molecule has 2 aliphatic rings. The van der Waals surface area contributed by atoms with Crippen molar-refractivity contribution in [2.75, 3.05) is 23.3 Å². The Balaban J connectivity index is 1.62. The van der Waals surface area contributed by atoms with Crippen molar-refractivity contribution in [3.63, 3.8) is 0 Å². The maximum absolute atomic E-state index is 12.2. The van der Waals surface area contributed by atoms with E-state index >= 15 is 0 Å². The second kappa shape index (κ2) is 6.06. The van der Waals surface area contributed by atoms with Crippen molar-refractivity contribution in [1.29, 1.82) is 0 Å². The summed E-state index contributed by atoms with van der Waals surface area (Å²) in [4.78, 5) is 14.5. The minimum absolute atomic E-state index is 0.259. The molecule has 2 N–H and O–H groups in total. The van der Waals surface area contributed by atoms with Gasteiger partial charge in [-0.1, -0.05) is 0 Å². The van der Waals surface area contributed by atoms with E-state index in [1.807, 2.05) is 12.1 Å². The second-order valence-corrected chi connectivity index (χ2v) is 6.29. The summed E-state index contributed by atoms with van der Waals surface area (Å²) in [6.45, 7) is 2.23. The van der Waals surface area contributed by atoms with Crippen LogP contribution in [0.2, 0.25) is 0 Å². The quantitative estimate of drug-likeness (QED) is 0.899. The Kier molecular flexibility index (Phi) is 4.15. The van der Waals surface area contributed by atoms with Gasteiger partial charge >= 0.3 is 0 Å². The lowest BCUT2D eigenvalue weighted by atomic mass is 10.0. The molecule has 1 saturated carbocycles. The van der Waals surface area contributed by atoms with E-state index in [9.17, 15) is 9.90 Å². The lowest BCUT2D eigenvalue weighted by Crippen LogP contribution is -2.40. The molecule has 0 aromatic heterocycles. The summed E-state index contributed by atoms with van der Waals surface area (Å²) in [7, 11) is 0. The Hall–Kier alpha value is -1.55. The summed E-state index contributed by atoms with van der Waals surface area (Å²) in [5.41, 5.74) is 0.819. The number of anilines is 2. The molecule has 4 heteroatoms. The molecule has 3 rings (SSSR count). The van der Waals surface area contributed by atoms with Gasteiger partial charge in [-0.05, 0) is 69.2 Å². The predicted octanol–water partition coefficient (Wildman–Crippen LogP) is 2.92. The Morgan fingerprint density at radius 2 is 1.62 bits per heavy atom. The summed E-state index contributed by atoms with van der Waals surface area (Å²) < 4.78 is 0. The molecular weight excluding hydrogens is 264 g/mol. The highest BCUT2D eigenvalue weighted by Gasteiger charge is 2.38. The zero-order valence-electron chi connectivity index (χ0n) is 12.5. The molecule has 1 aromatic carbocycles. The number of rotatable bonds is 3. The van der Waals surface area contributed by atoms with Crippen LogP contribution >= 0.6 is 0 Å². The standard InChI is InChI=1S/C17H24N2O2/c20-16(17(21)10-2-3-11-17)18-14-6-8-15(9-7-14)19-12-4-1-5-13-19/h6-9,21H,1-5,10-13H2,(H,18,20). The number of aliphatic hydroxyl groups is 1. The van der Waals surface area contributed by atoms with E-state index < -0.39 is 5.60 Å². The van der Waals surface area contributed by atoms with Crippen LogP contribution in [-0.2, 0) is 4.79 Å². The van der Waals surface area contributed by atoms with Gasteiger partial charge in [0.1, 0.15) is 5.60 Å². The van der Waals surface area contributed by atoms with Crippen LogP contribution in [-0.4, -0.2) is 29.7 Å². The zero-order valence-corrected chi connectivity index (χ0v) is 12.5. The summed E-state index contributed by atoms with van der Waals surface area (Å²) in [5.74, 6) is -0.259. The van der Waals surface area contributed by atoms with Crippen molar-refractivity contribution < 1.29 is 9.90 Å². The molecule has 0 bridgehead atoms. The van der Waals surface area contributed by atoms with Crippen LogP contribution in [0.15, 0.2) is 24.3 Å². The number of benzene rings is 1. The molecule has 1 aliphatic heterocycles. The number of hydrogen-bond donors (Lipinski definition) is 2. The van der Waals surface area contributed by atoms with Crippen molar-refractivity contribution in [3.05, 3.63) is 24.3 Å². The van der Waals surface area contributed by atoms with Crippen LogP contribution in [0.5, 0.6) is 0 Å². The summed E-state index contributed by atoms with van der Waals surface area (Å²) in [5, 5.41) is 13.1. The molecule has 114 valence electrons. The maximum Gasteiger partial charge on any atom is 0.256 e. The molecule has 2 fully saturated rings. The van der Waals surface area contributed by atoms with Crippen molar-refractivity contribution in [2.24, 2.45) is 0 Å². The number of nitrogens with zero attached hydrogens (tertiary/aromatic N) is 1. The molecule has 1 heterocycles. The SMILES string of the molecule is O=C(Nc1ccc(N2CCCCC2)cc1)C1(O)CCCC1. The molecular formula is C17H24N2O2. The van der Waals surface area contributed by atoms with E-state index in [1.165, 1.54) is 24.9 Å². The first-order valence-corrected chi connectivity index (χ1v) is 8.06. The van der Waals surface area contributed by atoms with Gasteiger partial charge < -0.3 is 15.3 Å². The van der Waals surface area contributed by atoms with Gasteiger partial charge in [-0.2, -0.15) is 0 Å². The smallest absolute Gasteiger partial charge is 0.256 e. The van der Waals surface area contributed by atoms with Crippen LogP contribution < -0.4 is 10.2 Å². The van der Waals surface area contributed by atoms with Crippen molar-refractivity contribution >= 4 is 17.3 Å². The molecule has 0 radical (unpaired) electrons. The fourth-order valence-corrected chi connectivity index (χ4v) is 3.34. The van der Waals surface area contributed by atoms with Crippen LogP contribution in [0.4, 0.5) is 11.4 Å². The minimum Gasteiger partial charge on any atom is -0.380 e. The summed E-state index contributed by atoms with van der Waals surface area (Å²) in [6, 6.07) is 7.97. The number of nitrogens with one attached hydrogen (secondary N) is 1. The van der Waals surface area contributed by atoms with E-state index in [1.54, 1.807) is 0 Å². The first-order valence-electron chi connectivity index (χ1n) is 8.06. The molecule has 21 heavy (non-hydrogen) atoms. The van der Waals surface area contributed by atoms with Crippen LogP contribution in [0.3, 0.4) is 0 Å². The van der Waals surface area contributed by atoms with E-state index in [0.29, 0.717) is 12.8 Å². The highest BCUT2D eigenvalue weighted by atomic mass is 16.3. The fourth-order valence-electron chi connectivity index (χ4n) is 3.34. The highest BCUT2D eigenvalue weighted by molar-refractivity contribution is 5.97. The Morgan fingerprint density at radius 1 is 1.00 bits per heavy atom. The van der Waals surface area contributed by atoms with E-state index in [4.69, 9.17) is 0 Å². The topological polar surface area (TPSA) is 52.6 Å². The molecule has 0 atom stereocenters. The van der Waals surface area contributed by atoms with Gasteiger partial charge in [0.25, 0.3) is 5.91 Å². The monoisotopic (exact) mass is 288 g/mol. The lowest BCUT2D eigenvalue weighted by molar-refractivity contribution is -0.133. The van der Waals surface area contributed by atoms with Crippen LogP contribution in [0.25, 0.3) is 0 Å². The van der Waals surface area contributed by atoms with Gasteiger partial charge in [0.15, 0.2) is 0 Å². The molecule has 1 aromatic rings. The average Bonchev–Trinajstić information content (AvgIpc) is 2.97. The van der Waals surface area contributed by atoms with Gasteiger partial charge in [0, 0.05) is 24.5 Å². The van der Waals surface area contributed by atoms with Gasteiger partial charge in [0.05, 0.1) is 0 Å². The Labute approximate surface area is 126 Å². The number of carbonyl (C=O) groups is 1. The Morgan fingerprint density at radius 3 is 2.24 bits per heavy atom. The van der Waals surface area contributed by atoms with Gasteiger partial charge in [0.2, 0.25) is 0 Å². The normalized spacial score (nSPS) is 21.3. The molecule has 4 nitrogen and oxygen atoms in total. The summed E-state index contributed by atoms with van der Waals surface area (Å²) in [6.07, 6.45) is 6.84. The maximum atomic E-state index is 12.2. The van der Waals surface area contributed by atoms with Gasteiger partial charge in [-0.3, -0.25) is 4.79 Å². The number of hydrogen-bond acceptors (Lipinski definition) is 3. The number of carbonyl (C=O) groups excluding carboxylic acids is 1. The number of piperidine rings is 1. The van der Waals surface area contributed by atoms with Crippen molar-refractivity contribution in [1.82, 2.24) is 0 Å². The van der Waals surface area contributed by atoms with E-state index in [2.05, 4.69) is 22.3 Å². The predicted molar refractivity (Wildman–Crippen MR) is 84.6 cm³/mol. The van der Waals surface area contributed by atoms with Gasteiger partial charge in [-0.15, -0.1) is 0 Å². The highest BCUT2D eigenvalue weighted by Crippen LogP contribution is 2.31. The first-order chi connectivity index (χ1) is 10.2. The third-order valence-electron chi connectivity index (χ3n) is 4.70. The molecule has 0 unspecified atom stereocenters. The molecule has 0 spiro atoms. The largest absolute Gasteiger partial charge is 0.380 e.